The lowest BCUT2D eigenvalue weighted by Gasteiger charge is -2.20. The van der Waals surface area contributed by atoms with Crippen LogP contribution < -0.4 is 10.2 Å². The van der Waals surface area contributed by atoms with Gasteiger partial charge in [0.25, 0.3) is 5.91 Å². The van der Waals surface area contributed by atoms with Crippen LogP contribution in [0.2, 0.25) is 0 Å². The first-order chi connectivity index (χ1) is 11.0. The van der Waals surface area contributed by atoms with Gasteiger partial charge in [0.2, 0.25) is 5.91 Å². The zero-order valence-electron chi connectivity index (χ0n) is 13.0. The van der Waals surface area contributed by atoms with Crippen LogP contribution in [0.3, 0.4) is 0 Å². The molecule has 2 aromatic rings. The molecule has 0 saturated carbocycles. The van der Waals surface area contributed by atoms with Crippen LogP contribution in [-0.2, 0) is 9.59 Å². The first-order valence-electron chi connectivity index (χ1n) is 7.42. The molecule has 5 heteroatoms. The number of imide groups is 1. The second-order valence-corrected chi connectivity index (χ2v) is 5.72. The molecule has 2 aromatic carbocycles. The summed E-state index contributed by atoms with van der Waals surface area (Å²) in [6.07, 6.45) is 0.0873. The summed E-state index contributed by atoms with van der Waals surface area (Å²) in [4.78, 5) is 26.3. The lowest BCUT2D eigenvalue weighted by molar-refractivity contribution is -0.121. The highest BCUT2D eigenvalue weighted by Crippen LogP contribution is 2.30. The minimum Gasteiger partial charge on any atom is -0.373 e. The van der Waals surface area contributed by atoms with Crippen molar-refractivity contribution in [1.82, 2.24) is 0 Å². The number of para-hydroxylation sites is 1. The Balaban J connectivity index is 1.87. The second kappa shape index (κ2) is 5.83. The zero-order valence-corrected chi connectivity index (χ0v) is 13.0. The predicted molar refractivity (Wildman–Crippen MR) is 86.8 cm³/mol. The standard InChI is InChI=1S/C18H17FN2O2/c1-11-4-3-5-12(2)17(11)21-16(22)10-15(18(21)23)20-14-8-6-13(19)7-9-14/h3-9,15,20H,10H2,1-2H3. The van der Waals surface area contributed by atoms with Crippen LogP contribution in [0.1, 0.15) is 17.5 Å². The number of anilines is 2. The maximum absolute atomic E-state index is 13.0. The number of amides is 2. The first-order valence-corrected chi connectivity index (χ1v) is 7.42. The fourth-order valence-electron chi connectivity index (χ4n) is 2.89. The van der Waals surface area contributed by atoms with Gasteiger partial charge in [0, 0.05) is 5.69 Å². The molecule has 0 aromatic heterocycles. The van der Waals surface area contributed by atoms with Crippen molar-refractivity contribution in [3.8, 4) is 0 Å². The van der Waals surface area contributed by atoms with Crippen LogP contribution in [0.4, 0.5) is 15.8 Å². The molecule has 1 saturated heterocycles. The van der Waals surface area contributed by atoms with Crippen molar-refractivity contribution in [2.75, 3.05) is 10.2 Å². The number of nitrogens with zero attached hydrogens (tertiary/aromatic N) is 1. The van der Waals surface area contributed by atoms with Gasteiger partial charge in [-0.05, 0) is 49.2 Å². The van der Waals surface area contributed by atoms with Gasteiger partial charge in [-0.2, -0.15) is 0 Å². The van der Waals surface area contributed by atoms with Crippen LogP contribution in [0.5, 0.6) is 0 Å². The second-order valence-electron chi connectivity index (χ2n) is 5.72. The van der Waals surface area contributed by atoms with Gasteiger partial charge in [0.1, 0.15) is 11.9 Å². The Morgan fingerprint density at radius 3 is 2.26 bits per heavy atom. The van der Waals surface area contributed by atoms with E-state index in [1.165, 1.54) is 17.0 Å². The number of rotatable bonds is 3. The maximum atomic E-state index is 13.0. The summed E-state index contributed by atoms with van der Waals surface area (Å²) >= 11 is 0. The van der Waals surface area contributed by atoms with E-state index < -0.39 is 6.04 Å². The number of hydrogen-bond donors (Lipinski definition) is 1. The summed E-state index contributed by atoms with van der Waals surface area (Å²) in [6.45, 7) is 3.76. The van der Waals surface area contributed by atoms with E-state index in [2.05, 4.69) is 5.32 Å². The third-order valence-electron chi connectivity index (χ3n) is 3.99. The fourth-order valence-corrected chi connectivity index (χ4v) is 2.89. The Morgan fingerprint density at radius 2 is 1.65 bits per heavy atom. The van der Waals surface area contributed by atoms with Crippen LogP contribution in [0.25, 0.3) is 0 Å². The number of nitrogens with one attached hydrogen (secondary N) is 1. The topological polar surface area (TPSA) is 49.4 Å². The van der Waals surface area contributed by atoms with Crippen molar-refractivity contribution >= 4 is 23.2 Å². The molecule has 0 spiro atoms. The van der Waals surface area contributed by atoms with Gasteiger partial charge in [0.15, 0.2) is 0 Å². The van der Waals surface area contributed by atoms with E-state index in [0.717, 1.165) is 11.1 Å². The Morgan fingerprint density at radius 1 is 1.04 bits per heavy atom. The number of halogens is 1. The summed E-state index contributed by atoms with van der Waals surface area (Å²) in [5.74, 6) is -0.856. The molecule has 1 atom stereocenters. The molecule has 1 aliphatic rings. The van der Waals surface area contributed by atoms with Gasteiger partial charge < -0.3 is 5.32 Å². The maximum Gasteiger partial charge on any atom is 0.256 e. The van der Waals surface area contributed by atoms with Crippen LogP contribution in [0.15, 0.2) is 42.5 Å². The Kier molecular flexibility index (Phi) is 3.86. The van der Waals surface area contributed by atoms with Gasteiger partial charge in [-0.25, -0.2) is 9.29 Å². The average molecular weight is 312 g/mol. The van der Waals surface area contributed by atoms with Crippen molar-refractivity contribution in [2.45, 2.75) is 26.3 Å². The number of benzene rings is 2. The molecule has 0 radical (unpaired) electrons. The molecule has 3 rings (SSSR count). The summed E-state index contributed by atoms with van der Waals surface area (Å²) < 4.78 is 13.0. The van der Waals surface area contributed by atoms with E-state index in [9.17, 15) is 14.0 Å². The summed E-state index contributed by atoms with van der Waals surface area (Å²) in [7, 11) is 0. The summed E-state index contributed by atoms with van der Waals surface area (Å²) in [5.41, 5.74) is 3.04. The molecule has 4 nitrogen and oxygen atoms in total. The minimum atomic E-state index is -0.632. The van der Waals surface area contributed by atoms with E-state index in [-0.39, 0.29) is 24.1 Å². The van der Waals surface area contributed by atoms with Crippen molar-refractivity contribution in [1.29, 1.82) is 0 Å². The largest absolute Gasteiger partial charge is 0.373 e. The number of carbonyl (C=O) groups is 2. The molecular formula is C18H17FN2O2. The molecule has 118 valence electrons. The van der Waals surface area contributed by atoms with Gasteiger partial charge in [-0.15, -0.1) is 0 Å². The van der Waals surface area contributed by atoms with Crippen molar-refractivity contribution in [3.05, 3.63) is 59.4 Å². The van der Waals surface area contributed by atoms with Gasteiger partial charge in [-0.3, -0.25) is 9.59 Å². The Bertz CT molecular complexity index is 751. The molecule has 1 unspecified atom stereocenters. The van der Waals surface area contributed by atoms with Gasteiger partial charge in [0.05, 0.1) is 12.1 Å². The van der Waals surface area contributed by atoms with Gasteiger partial charge >= 0.3 is 0 Å². The fraction of sp³-hybridized carbons (Fsp3) is 0.222. The molecule has 1 N–H and O–H groups in total. The third-order valence-corrected chi connectivity index (χ3v) is 3.99. The molecule has 2 amide bonds. The van der Waals surface area contributed by atoms with E-state index in [0.29, 0.717) is 11.4 Å². The monoisotopic (exact) mass is 312 g/mol. The molecule has 23 heavy (non-hydrogen) atoms. The Labute approximate surface area is 133 Å². The van der Waals surface area contributed by atoms with Gasteiger partial charge in [-0.1, -0.05) is 18.2 Å². The van der Waals surface area contributed by atoms with Crippen molar-refractivity contribution < 1.29 is 14.0 Å². The van der Waals surface area contributed by atoms with E-state index in [1.807, 2.05) is 32.0 Å². The van der Waals surface area contributed by atoms with Crippen LogP contribution in [-0.4, -0.2) is 17.9 Å². The molecule has 0 aliphatic carbocycles. The predicted octanol–water partition coefficient (Wildman–Crippen LogP) is 3.19. The lowest BCUT2D eigenvalue weighted by atomic mass is 10.1. The van der Waals surface area contributed by atoms with E-state index >= 15 is 0 Å². The van der Waals surface area contributed by atoms with Crippen molar-refractivity contribution in [2.24, 2.45) is 0 Å². The minimum absolute atomic E-state index is 0.0873. The molecule has 0 bridgehead atoms. The third kappa shape index (κ3) is 2.82. The highest BCUT2D eigenvalue weighted by atomic mass is 19.1. The zero-order chi connectivity index (χ0) is 16.6. The quantitative estimate of drug-likeness (QED) is 0.886. The molecule has 1 aliphatic heterocycles. The lowest BCUT2D eigenvalue weighted by Crippen LogP contribution is -2.35. The summed E-state index contributed by atoms with van der Waals surface area (Å²) in [5, 5.41) is 3.01. The Hall–Kier alpha value is -2.69. The number of hydrogen-bond acceptors (Lipinski definition) is 3. The number of carbonyl (C=O) groups excluding carboxylic acids is 2. The van der Waals surface area contributed by atoms with Crippen molar-refractivity contribution in [3.63, 3.8) is 0 Å². The average Bonchev–Trinajstić information content (AvgIpc) is 2.77. The molecular weight excluding hydrogens is 295 g/mol. The summed E-state index contributed by atoms with van der Waals surface area (Å²) in [6, 6.07) is 10.7. The highest BCUT2D eigenvalue weighted by molar-refractivity contribution is 6.23. The highest BCUT2D eigenvalue weighted by Gasteiger charge is 2.40. The van der Waals surface area contributed by atoms with E-state index in [1.54, 1.807) is 12.1 Å². The molecule has 1 heterocycles. The van der Waals surface area contributed by atoms with E-state index in [4.69, 9.17) is 0 Å². The van der Waals surface area contributed by atoms with Crippen LogP contribution >= 0.6 is 0 Å². The van der Waals surface area contributed by atoms with Crippen LogP contribution in [0, 0.1) is 19.7 Å². The smallest absolute Gasteiger partial charge is 0.256 e. The SMILES string of the molecule is Cc1cccc(C)c1N1C(=O)CC(Nc2ccc(F)cc2)C1=O. The normalized spacial score (nSPS) is 17.7. The number of aryl methyl sites for hydroxylation is 2. The molecule has 1 fully saturated rings. The first kappa shape index (κ1) is 15.2.